The monoisotopic (exact) mass is 344 g/mol. The highest BCUT2D eigenvalue weighted by Crippen LogP contribution is 2.12. The molecular formula is C17H17ClN4O2. The van der Waals surface area contributed by atoms with Crippen LogP contribution in [0.1, 0.15) is 5.56 Å². The van der Waals surface area contributed by atoms with Crippen LogP contribution in [0, 0.1) is 0 Å². The van der Waals surface area contributed by atoms with Crippen LogP contribution < -0.4 is 0 Å². The highest BCUT2D eigenvalue weighted by molar-refractivity contribution is 6.30. The van der Waals surface area contributed by atoms with Gasteiger partial charge in [0.05, 0.1) is 25.9 Å². The molecule has 3 aromatic rings. The molecule has 0 fully saturated rings. The summed E-state index contributed by atoms with van der Waals surface area (Å²) in [5, 5.41) is 22.9. The Morgan fingerprint density at radius 1 is 1.08 bits per heavy atom. The number of aliphatic hydroxyl groups excluding tert-OH is 1. The van der Waals surface area contributed by atoms with Gasteiger partial charge < -0.3 is 9.84 Å². The van der Waals surface area contributed by atoms with Crippen molar-refractivity contribution in [3.8, 4) is 11.4 Å². The molecule has 6 nitrogen and oxygen atoms in total. The van der Waals surface area contributed by atoms with Gasteiger partial charge in [0, 0.05) is 10.6 Å². The van der Waals surface area contributed by atoms with Crippen molar-refractivity contribution in [1.82, 2.24) is 20.2 Å². The number of tetrazole rings is 1. The molecule has 0 amide bonds. The van der Waals surface area contributed by atoms with E-state index in [1.165, 1.54) is 4.80 Å². The standard InChI is InChI=1S/C17H17ClN4O2/c18-15-8-6-13(7-9-15)11-24-12-16(23)10-22-20-17(19-21-22)14-4-2-1-3-5-14/h1-9,16,23H,10-12H2. The van der Waals surface area contributed by atoms with E-state index in [2.05, 4.69) is 15.4 Å². The topological polar surface area (TPSA) is 73.1 Å². The zero-order valence-electron chi connectivity index (χ0n) is 12.9. The molecule has 0 aliphatic heterocycles. The Balaban J connectivity index is 1.47. The normalized spacial score (nSPS) is 12.2. The molecule has 1 atom stereocenters. The third-order valence-electron chi connectivity index (χ3n) is 3.35. The van der Waals surface area contributed by atoms with Gasteiger partial charge >= 0.3 is 0 Å². The molecule has 24 heavy (non-hydrogen) atoms. The molecule has 0 aliphatic carbocycles. The zero-order chi connectivity index (χ0) is 16.8. The minimum atomic E-state index is -0.713. The van der Waals surface area contributed by atoms with E-state index in [0.29, 0.717) is 17.5 Å². The van der Waals surface area contributed by atoms with E-state index < -0.39 is 6.10 Å². The first kappa shape index (κ1) is 16.6. The summed E-state index contributed by atoms with van der Waals surface area (Å²) < 4.78 is 5.50. The van der Waals surface area contributed by atoms with Crippen LogP contribution in [0.15, 0.2) is 54.6 Å². The SMILES string of the molecule is OC(COCc1ccc(Cl)cc1)Cn1nnc(-c2ccccc2)n1. The molecule has 1 N–H and O–H groups in total. The summed E-state index contributed by atoms with van der Waals surface area (Å²) in [4.78, 5) is 1.37. The maximum atomic E-state index is 10.0. The summed E-state index contributed by atoms with van der Waals surface area (Å²) in [6.07, 6.45) is -0.713. The van der Waals surface area contributed by atoms with Crippen LogP contribution in [-0.2, 0) is 17.9 Å². The smallest absolute Gasteiger partial charge is 0.204 e. The summed E-state index contributed by atoms with van der Waals surface area (Å²) in [6.45, 7) is 0.819. The fraction of sp³-hybridized carbons (Fsp3) is 0.235. The van der Waals surface area contributed by atoms with Crippen molar-refractivity contribution in [2.75, 3.05) is 6.61 Å². The number of benzene rings is 2. The molecule has 124 valence electrons. The van der Waals surface area contributed by atoms with Gasteiger partial charge in [-0.05, 0) is 22.9 Å². The number of hydrogen-bond acceptors (Lipinski definition) is 5. The Labute approximate surface area is 144 Å². The average Bonchev–Trinajstić information content (AvgIpc) is 3.06. The van der Waals surface area contributed by atoms with Crippen LogP contribution in [-0.4, -0.2) is 38.0 Å². The molecule has 3 rings (SSSR count). The number of ether oxygens (including phenoxy) is 1. The lowest BCUT2D eigenvalue weighted by atomic mass is 10.2. The minimum absolute atomic E-state index is 0.185. The van der Waals surface area contributed by atoms with E-state index >= 15 is 0 Å². The van der Waals surface area contributed by atoms with Gasteiger partial charge in [-0.15, -0.1) is 10.2 Å². The first-order chi connectivity index (χ1) is 11.7. The zero-order valence-corrected chi connectivity index (χ0v) is 13.7. The summed E-state index contributed by atoms with van der Waals surface area (Å²) in [6, 6.07) is 17.0. The third kappa shape index (κ3) is 4.61. The van der Waals surface area contributed by atoms with Crippen LogP contribution in [0.5, 0.6) is 0 Å². The van der Waals surface area contributed by atoms with Crippen molar-refractivity contribution in [3.05, 3.63) is 65.2 Å². The van der Waals surface area contributed by atoms with E-state index in [0.717, 1.165) is 11.1 Å². The Bertz CT molecular complexity index is 762. The second-order valence-electron chi connectivity index (χ2n) is 5.33. The van der Waals surface area contributed by atoms with E-state index in [1.54, 1.807) is 12.1 Å². The van der Waals surface area contributed by atoms with Crippen LogP contribution in [0.4, 0.5) is 0 Å². The van der Waals surface area contributed by atoms with Crippen molar-refractivity contribution in [3.63, 3.8) is 0 Å². The number of rotatable bonds is 7. The van der Waals surface area contributed by atoms with Gasteiger partial charge in [0.1, 0.15) is 0 Å². The maximum Gasteiger partial charge on any atom is 0.204 e. The van der Waals surface area contributed by atoms with Gasteiger partial charge in [-0.2, -0.15) is 4.80 Å². The van der Waals surface area contributed by atoms with Gasteiger partial charge in [0.2, 0.25) is 5.82 Å². The summed E-state index contributed by atoms with van der Waals surface area (Å²) in [5.41, 5.74) is 1.88. The van der Waals surface area contributed by atoms with Crippen LogP contribution >= 0.6 is 11.6 Å². The van der Waals surface area contributed by atoms with Gasteiger partial charge in [-0.1, -0.05) is 54.1 Å². The number of halogens is 1. The highest BCUT2D eigenvalue weighted by Gasteiger charge is 2.10. The quantitative estimate of drug-likeness (QED) is 0.713. The van der Waals surface area contributed by atoms with Crippen molar-refractivity contribution in [2.24, 2.45) is 0 Å². The van der Waals surface area contributed by atoms with Crippen LogP contribution in [0.25, 0.3) is 11.4 Å². The second-order valence-corrected chi connectivity index (χ2v) is 5.77. The summed E-state index contributed by atoms with van der Waals surface area (Å²) in [5.74, 6) is 0.532. The van der Waals surface area contributed by atoms with Gasteiger partial charge in [0.25, 0.3) is 0 Å². The number of hydrogen-bond donors (Lipinski definition) is 1. The number of aliphatic hydroxyl groups is 1. The Hall–Kier alpha value is -2.28. The molecule has 0 saturated carbocycles. The first-order valence-electron chi connectivity index (χ1n) is 7.54. The molecule has 1 unspecified atom stereocenters. The highest BCUT2D eigenvalue weighted by atomic mass is 35.5. The van der Waals surface area contributed by atoms with Crippen LogP contribution in [0.3, 0.4) is 0 Å². The number of aromatic nitrogens is 4. The predicted molar refractivity (Wildman–Crippen MR) is 90.4 cm³/mol. The van der Waals surface area contributed by atoms with Gasteiger partial charge in [0.15, 0.2) is 0 Å². The fourth-order valence-corrected chi connectivity index (χ4v) is 2.28. The summed E-state index contributed by atoms with van der Waals surface area (Å²) in [7, 11) is 0. The van der Waals surface area contributed by atoms with E-state index in [1.807, 2.05) is 42.5 Å². The Morgan fingerprint density at radius 2 is 1.83 bits per heavy atom. The fourth-order valence-electron chi connectivity index (χ4n) is 2.16. The molecule has 0 saturated heterocycles. The maximum absolute atomic E-state index is 10.0. The van der Waals surface area contributed by atoms with Crippen molar-refractivity contribution >= 4 is 11.6 Å². The molecule has 1 aromatic heterocycles. The van der Waals surface area contributed by atoms with Crippen molar-refractivity contribution in [2.45, 2.75) is 19.3 Å². The lowest BCUT2D eigenvalue weighted by Gasteiger charge is -2.10. The molecular weight excluding hydrogens is 328 g/mol. The average molecular weight is 345 g/mol. The Kier molecular flexibility index (Phi) is 5.53. The van der Waals surface area contributed by atoms with E-state index in [-0.39, 0.29) is 13.2 Å². The molecule has 0 aliphatic rings. The minimum Gasteiger partial charge on any atom is -0.389 e. The van der Waals surface area contributed by atoms with E-state index in [4.69, 9.17) is 16.3 Å². The van der Waals surface area contributed by atoms with E-state index in [9.17, 15) is 5.11 Å². The third-order valence-corrected chi connectivity index (χ3v) is 3.60. The molecule has 1 heterocycles. The van der Waals surface area contributed by atoms with Gasteiger partial charge in [-0.3, -0.25) is 0 Å². The van der Waals surface area contributed by atoms with Gasteiger partial charge in [-0.25, -0.2) is 0 Å². The molecule has 0 radical (unpaired) electrons. The Morgan fingerprint density at radius 3 is 2.58 bits per heavy atom. The largest absolute Gasteiger partial charge is 0.389 e. The predicted octanol–water partition coefficient (Wildman–Crippen LogP) is 2.57. The van der Waals surface area contributed by atoms with Crippen molar-refractivity contribution in [1.29, 1.82) is 0 Å². The molecule has 2 aromatic carbocycles. The molecule has 7 heteroatoms. The summed E-state index contributed by atoms with van der Waals surface area (Å²) >= 11 is 5.83. The lowest BCUT2D eigenvalue weighted by molar-refractivity contribution is 0.0165. The molecule has 0 spiro atoms. The van der Waals surface area contributed by atoms with Crippen LogP contribution in [0.2, 0.25) is 5.02 Å². The molecule has 0 bridgehead atoms. The lowest BCUT2D eigenvalue weighted by Crippen LogP contribution is -2.23. The van der Waals surface area contributed by atoms with Crippen molar-refractivity contribution < 1.29 is 9.84 Å². The first-order valence-corrected chi connectivity index (χ1v) is 7.92. The number of nitrogens with zero attached hydrogens (tertiary/aromatic N) is 4. The second kappa shape index (κ2) is 8.01.